The lowest BCUT2D eigenvalue weighted by Crippen LogP contribution is -2.41. The number of alkyl halides is 3. The summed E-state index contributed by atoms with van der Waals surface area (Å²) in [5.74, 6) is -0.261. The van der Waals surface area contributed by atoms with E-state index < -0.39 is 6.36 Å². The number of aliphatic hydroxyl groups excluding tert-OH is 1. The fourth-order valence-corrected chi connectivity index (χ4v) is 2.47. The minimum atomic E-state index is -4.73. The smallest absolute Gasteiger partial charge is 0.406 e. The second-order valence-corrected chi connectivity index (χ2v) is 5.63. The molecular formula is C16H19F3N2O3. The SMILES string of the molecule is CC(NC(=O)N[C@@H]1C=C[C@H](CO)C1)c1ccc(OC(F)(F)F)cc1. The number of nitrogens with one attached hydrogen (secondary N) is 2. The summed E-state index contributed by atoms with van der Waals surface area (Å²) in [7, 11) is 0. The van der Waals surface area contributed by atoms with Gasteiger partial charge in [-0.05, 0) is 31.0 Å². The van der Waals surface area contributed by atoms with Crippen LogP contribution in [0.3, 0.4) is 0 Å². The molecule has 2 amide bonds. The van der Waals surface area contributed by atoms with E-state index in [0.717, 1.165) is 0 Å². The molecule has 132 valence electrons. The third kappa shape index (κ3) is 5.45. The van der Waals surface area contributed by atoms with Crippen molar-refractivity contribution < 1.29 is 27.8 Å². The first kappa shape index (κ1) is 18.1. The predicted octanol–water partition coefficient (Wildman–Crippen LogP) is 2.88. The van der Waals surface area contributed by atoms with Gasteiger partial charge in [-0.1, -0.05) is 24.3 Å². The van der Waals surface area contributed by atoms with Crippen LogP contribution < -0.4 is 15.4 Å². The topological polar surface area (TPSA) is 70.6 Å². The molecular weight excluding hydrogens is 325 g/mol. The van der Waals surface area contributed by atoms with Crippen LogP contribution in [0.2, 0.25) is 0 Å². The van der Waals surface area contributed by atoms with Gasteiger partial charge in [-0.2, -0.15) is 0 Å². The Morgan fingerprint density at radius 3 is 2.54 bits per heavy atom. The standard InChI is InChI=1S/C16H19F3N2O3/c1-10(12-3-6-14(7-4-12)24-16(17,18)19)20-15(23)21-13-5-2-11(8-13)9-22/h2-7,10-11,13,22H,8-9H2,1H3,(H2,20,21,23)/t10?,11-,13+/m0/s1. The molecule has 1 aliphatic carbocycles. The quantitative estimate of drug-likeness (QED) is 0.720. The lowest BCUT2D eigenvalue weighted by atomic mass is 10.1. The monoisotopic (exact) mass is 344 g/mol. The number of carbonyl (C=O) groups excluding carboxylic acids is 1. The summed E-state index contributed by atoms with van der Waals surface area (Å²) >= 11 is 0. The first-order valence-corrected chi connectivity index (χ1v) is 7.49. The van der Waals surface area contributed by atoms with E-state index in [1.54, 1.807) is 6.92 Å². The van der Waals surface area contributed by atoms with E-state index in [-0.39, 0.29) is 36.4 Å². The van der Waals surface area contributed by atoms with E-state index in [0.29, 0.717) is 12.0 Å². The highest BCUT2D eigenvalue weighted by atomic mass is 19.4. The Bertz CT molecular complexity index is 587. The highest BCUT2D eigenvalue weighted by Crippen LogP contribution is 2.24. The maximum absolute atomic E-state index is 12.1. The number of carbonyl (C=O) groups is 1. The lowest BCUT2D eigenvalue weighted by molar-refractivity contribution is -0.274. The van der Waals surface area contributed by atoms with Crippen LogP contribution in [-0.4, -0.2) is 30.1 Å². The molecule has 1 aliphatic rings. The van der Waals surface area contributed by atoms with Crippen molar-refractivity contribution in [3.05, 3.63) is 42.0 Å². The Hall–Kier alpha value is -2.22. The van der Waals surface area contributed by atoms with Gasteiger partial charge < -0.3 is 20.5 Å². The van der Waals surface area contributed by atoms with Gasteiger partial charge in [-0.3, -0.25) is 0 Å². The van der Waals surface area contributed by atoms with E-state index in [9.17, 15) is 18.0 Å². The third-order valence-corrected chi connectivity index (χ3v) is 3.68. The fourth-order valence-electron chi connectivity index (χ4n) is 2.47. The van der Waals surface area contributed by atoms with Crippen LogP contribution in [0.5, 0.6) is 5.75 Å². The molecule has 3 atom stereocenters. The number of aliphatic hydroxyl groups is 1. The van der Waals surface area contributed by atoms with Crippen molar-refractivity contribution in [1.29, 1.82) is 0 Å². The first-order chi connectivity index (χ1) is 11.3. The molecule has 0 aliphatic heterocycles. The van der Waals surface area contributed by atoms with Crippen molar-refractivity contribution >= 4 is 6.03 Å². The highest BCUT2D eigenvalue weighted by Gasteiger charge is 2.31. The van der Waals surface area contributed by atoms with Gasteiger partial charge in [0.1, 0.15) is 5.75 Å². The number of ether oxygens (including phenoxy) is 1. The molecule has 24 heavy (non-hydrogen) atoms. The number of halogens is 3. The molecule has 0 saturated carbocycles. The Labute approximate surface area is 137 Å². The van der Waals surface area contributed by atoms with Crippen molar-refractivity contribution in [3.63, 3.8) is 0 Å². The van der Waals surface area contributed by atoms with Crippen molar-refractivity contribution in [2.45, 2.75) is 31.8 Å². The summed E-state index contributed by atoms with van der Waals surface area (Å²) < 4.78 is 40.1. The van der Waals surface area contributed by atoms with Gasteiger partial charge in [0.05, 0.1) is 6.04 Å². The van der Waals surface area contributed by atoms with E-state index in [2.05, 4.69) is 15.4 Å². The van der Waals surface area contributed by atoms with Crippen LogP contribution in [0.4, 0.5) is 18.0 Å². The van der Waals surface area contributed by atoms with Crippen molar-refractivity contribution in [3.8, 4) is 5.75 Å². The number of urea groups is 1. The van der Waals surface area contributed by atoms with Crippen LogP contribution in [0.15, 0.2) is 36.4 Å². The molecule has 8 heteroatoms. The van der Waals surface area contributed by atoms with E-state index in [1.807, 2.05) is 12.2 Å². The molecule has 0 bridgehead atoms. The average molecular weight is 344 g/mol. The summed E-state index contributed by atoms with van der Waals surface area (Å²) in [5.41, 5.74) is 0.648. The molecule has 0 fully saturated rings. The second-order valence-electron chi connectivity index (χ2n) is 5.63. The minimum absolute atomic E-state index is 0.0407. The Kier molecular flexibility index (Phi) is 5.71. The molecule has 0 aromatic heterocycles. The number of hydrogen-bond donors (Lipinski definition) is 3. The third-order valence-electron chi connectivity index (χ3n) is 3.68. The Morgan fingerprint density at radius 2 is 2.00 bits per heavy atom. The Balaban J connectivity index is 1.84. The molecule has 0 spiro atoms. The largest absolute Gasteiger partial charge is 0.573 e. The zero-order chi connectivity index (χ0) is 17.7. The van der Waals surface area contributed by atoms with Crippen LogP contribution in [0, 0.1) is 5.92 Å². The number of rotatable bonds is 5. The summed E-state index contributed by atoms with van der Waals surface area (Å²) in [5, 5.41) is 14.5. The van der Waals surface area contributed by atoms with E-state index >= 15 is 0 Å². The van der Waals surface area contributed by atoms with Gasteiger partial charge >= 0.3 is 12.4 Å². The normalized spacial score (nSPS) is 21.4. The average Bonchev–Trinajstić information content (AvgIpc) is 2.93. The zero-order valence-electron chi connectivity index (χ0n) is 13.0. The fraction of sp³-hybridized carbons (Fsp3) is 0.438. The first-order valence-electron chi connectivity index (χ1n) is 7.49. The molecule has 1 unspecified atom stereocenters. The summed E-state index contributed by atoms with van der Waals surface area (Å²) in [4.78, 5) is 11.9. The van der Waals surface area contributed by atoms with Gasteiger partial charge in [0.25, 0.3) is 0 Å². The molecule has 0 radical (unpaired) electrons. The van der Waals surface area contributed by atoms with Gasteiger partial charge in [-0.25, -0.2) is 4.79 Å². The molecule has 1 aromatic carbocycles. The van der Waals surface area contributed by atoms with Crippen molar-refractivity contribution in [2.75, 3.05) is 6.61 Å². The molecule has 5 nitrogen and oxygen atoms in total. The van der Waals surface area contributed by atoms with E-state index in [4.69, 9.17) is 5.11 Å². The van der Waals surface area contributed by atoms with Gasteiger partial charge in [0, 0.05) is 18.6 Å². The maximum Gasteiger partial charge on any atom is 0.573 e. The Morgan fingerprint density at radius 1 is 1.33 bits per heavy atom. The molecule has 2 rings (SSSR count). The van der Waals surface area contributed by atoms with Crippen molar-refractivity contribution in [1.82, 2.24) is 10.6 Å². The van der Waals surface area contributed by atoms with Crippen molar-refractivity contribution in [2.24, 2.45) is 5.92 Å². The summed E-state index contributed by atoms with van der Waals surface area (Å²) in [6.07, 6.45) is -0.406. The maximum atomic E-state index is 12.1. The van der Waals surface area contributed by atoms with Gasteiger partial charge in [0.15, 0.2) is 0 Å². The van der Waals surface area contributed by atoms with E-state index in [1.165, 1.54) is 24.3 Å². The summed E-state index contributed by atoms with van der Waals surface area (Å²) in [6.45, 7) is 1.76. The molecule has 3 N–H and O–H groups in total. The van der Waals surface area contributed by atoms with Gasteiger partial charge in [0.2, 0.25) is 0 Å². The minimum Gasteiger partial charge on any atom is -0.406 e. The number of benzene rings is 1. The highest BCUT2D eigenvalue weighted by molar-refractivity contribution is 5.75. The van der Waals surface area contributed by atoms with Crippen LogP contribution in [0.1, 0.15) is 24.9 Å². The lowest BCUT2D eigenvalue weighted by Gasteiger charge is -2.18. The zero-order valence-corrected chi connectivity index (χ0v) is 13.0. The molecule has 0 saturated heterocycles. The second kappa shape index (κ2) is 7.57. The predicted molar refractivity (Wildman–Crippen MR) is 81.3 cm³/mol. The summed E-state index contributed by atoms with van der Waals surface area (Å²) in [6, 6.07) is 4.41. The number of hydrogen-bond acceptors (Lipinski definition) is 3. The van der Waals surface area contributed by atoms with Crippen LogP contribution >= 0.6 is 0 Å². The van der Waals surface area contributed by atoms with Gasteiger partial charge in [-0.15, -0.1) is 13.2 Å². The molecule has 0 heterocycles. The molecule has 1 aromatic rings. The van der Waals surface area contributed by atoms with Crippen LogP contribution in [0.25, 0.3) is 0 Å². The number of amides is 2. The van der Waals surface area contributed by atoms with Crippen LogP contribution in [-0.2, 0) is 0 Å².